The van der Waals surface area contributed by atoms with Gasteiger partial charge in [-0.05, 0) is 32.0 Å². The molecule has 1 aromatic heterocycles. The highest BCUT2D eigenvalue weighted by Crippen LogP contribution is 2.24. The molecular formula is C13H15ClFN3OS. The predicted molar refractivity (Wildman–Crippen MR) is 78.6 cm³/mol. The first kappa shape index (κ1) is 15.0. The Hall–Kier alpha value is -1.40. The average molecular weight is 316 g/mol. The normalized spacial score (nSPS) is 12.6. The number of rotatable bonds is 4. The van der Waals surface area contributed by atoms with Crippen LogP contribution >= 0.6 is 11.6 Å². The van der Waals surface area contributed by atoms with Gasteiger partial charge in [0, 0.05) is 17.1 Å². The molecule has 7 heteroatoms. The minimum absolute atomic E-state index is 0.177. The zero-order valence-electron chi connectivity index (χ0n) is 11.2. The first-order valence-corrected chi connectivity index (χ1v) is 7.78. The van der Waals surface area contributed by atoms with Gasteiger partial charge < -0.3 is 5.73 Å². The van der Waals surface area contributed by atoms with Gasteiger partial charge in [0.1, 0.15) is 5.82 Å². The van der Waals surface area contributed by atoms with Gasteiger partial charge in [0.15, 0.2) is 0 Å². The van der Waals surface area contributed by atoms with Crippen LogP contribution in [0.4, 0.5) is 10.1 Å². The number of aromatic nitrogens is 2. The fraction of sp³-hybridized carbons (Fsp3) is 0.308. The highest BCUT2D eigenvalue weighted by molar-refractivity contribution is 7.84. The van der Waals surface area contributed by atoms with Crippen LogP contribution in [0.25, 0.3) is 0 Å². The molecule has 1 heterocycles. The molecule has 0 bridgehead atoms. The topological polar surface area (TPSA) is 60.9 Å². The Kier molecular flexibility index (Phi) is 4.45. The van der Waals surface area contributed by atoms with Crippen molar-refractivity contribution in [1.82, 2.24) is 9.78 Å². The van der Waals surface area contributed by atoms with E-state index in [-0.39, 0.29) is 11.4 Å². The van der Waals surface area contributed by atoms with Crippen molar-refractivity contribution in [3.8, 4) is 0 Å². The van der Waals surface area contributed by atoms with E-state index in [0.717, 1.165) is 0 Å². The third-order valence-electron chi connectivity index (χ3n) is 2.88. The SMILES string of the molecule is CCn1nc(C)c(Cl)c1CS(=O)c1cc(N)cc(F)c1. The summed E-state index contributed by atoms with van der Waals surface area (Å²) in [6.07, 6.45) is 0. The van der Waals surface area contributed by atoms with Crippen LogP contribution in [0, 0.1) is 12.7 Å². The quantitative estimate of drug-likeness (QED) is 0.882. The Morgan fingerprint density at radius 1 is 1.45 bits per heavy atom. The summed E-state index contributed by atoms with van der Waals surface area (Å²) in [6, 6.07) is 3.92. The lowest BCUT2D eigenvalue weighted by molar-refractivity contribution is 0.620. The molecule has 0 saturated carbocycles. The van der Waals surface area contributed by atoms with Crippen molar-refractivity contribution in [2.75, 3.05) is 5.73 Å². The van der Waals surface area contributed by atoms with Gasteiger partial charge in [-0.15, -0.1) is 0 Å². The highest BCUT2D eigenvalue weighted by Gasteiger charge is 2.16. The molecule has 0 aliphatic carbocycles. The molecule has 2 rings (SSSR count). The molecule has 0 amide bonds. The molecule has 20 heavy (non-hydrogen) atoms. The summed E-state index contributed by atoms with van der Waals surface area (Å²) in [5.74, 6) is -0.323. The fourth-order valence-electron chi connectivity index (χ4n) is 1.93. The lowest BCUT2D eigenvalue weighted by atomic mass is 10.3. The van der Waals surface area contributed by atoms with Gasteiger partial charge in [-0.25, -0.2) is 4.39 Å². The van der Waals surface area contributed by atoms with Crippen LogP contribution in [0.3, 0.4) is 0 Å². The number of nitrogens with two attached hydrogens (primary N) is 1. The van der Waals surface area contributed by atoms with Crippen molar-refractivity contribution in [3.63, 3.8) is 0 Å². The highest BCUT2D eigenvalue weighted by atomic mass is 35.5. The van der Waals surface area contributed by atoms with Crippen LogP contribution in [0.5, 0.6) is 0 Å². The second-order valence-corrected chi connectivity index (χ2v) is 6.20. The lowest BCUT2D eigenvalue weighted by Crippen LogP contribution is -2.07. The smallest absolute Gasteiger partial charge is 0.126 e. The maximum Gasteiger partial charge on any atom is 0.126 e. The molecule has 0 aliphatic heterocycles. The van der Waals surface area contributed by atoms with Gasteiger partial charge in [0.2, 0.25) is 0 Å². The Balaban J connectivity index is 2.32. The second kappa shape index (κ2) is 5.93. The van der Waals surface area contributed by atoms with E-state index < -0.39 is 16.6 Å². The molecule has 2 aromatic rings. The average Bonchev–Trinajstić information content (AvgIpc) is 2.65. The monoisotopic (exact) mass is 315 g/mol. The van der Waals surface area contributed by atoms with Gasteiger partial charge >= 0.3 is 0 Å². The van der Waals surface area contributed by atoms with Crippen molar-refractivity contribution in [2.24, 2.45) is 0 Å². The number of anilines is 1. The van der Waals surface area contributed by atoms with Gasteiger partial charge in [-0.3, -0.25) is 8.89 Å². The van der Waals surface area contributed by atoms with E-state index in [2.05, 4.69) is 5.10 Å². The molecule has 0 spiro atoms. The van der Waals surface area contributed by atoms with Crippen LogP contribution in [0.1, 0.15) is 18.3 Å². The van der Waals surface area contributed by atoms with Crippen molar-refractivity contribution >= 4 is 28.1 Å². The van der Waals surface area contributed by atoms with E-state index in [1.807, 2.05) is 6.92 Å². The Morgan fingerprint density at radius 2 is 2.15 bits per heavy atom. The first-order valence-electron chi connectivity index (χ1n) is 6.08. The minimum atomic E-state index is -1.43. The van der Waals surface area contributed by atoms with Crippen molar-refractivity contribution in [1.29, 1.82) is 0 Å². The molecular weight excluding hydrogens is 301 g/mol. The molecule has 1 aromatic carbocycles. The van der Waals surface area contributed by atoms with E-state index in [9.17, 15) is 8.60 Å². The van der Waals surface area contributed by atoms with Crippen LogP contribution < -0.4 is 5.73 Å². The lowest BCUT2D eigenvalue weighted by Gasteiger charge is -2.07. The Labute approximate surface area is 124 Å². The van der Waals surface area contributed by atoms with E-state index in [0.29, 0.717) is 27.9 Å². The molecule has 0 aliphatic rings. The fourth-order valence-corrected chi connectivity index (χ4v) is 3.43. The molecule has 1 unspecified atom stereocenters. The van der Waals surface area contributed by atoms with Crippen LogP contribution in [-0.4, -0.2) is 14.0 Å². The number of nitrogen functional groups attached to an aromatic ring is 1. The third-order valence-corrected chi connectivity index (χ3v) is 4.67. The molecule has 1 atom stereocenters. The number of nitrogens with zero attached hydrogens (tertiary/aromatic N) is 2. The van der Waals surface area contributed by atoms with Gasteiger partial charge in [-0.1, -0.05) is 11.6 Å². The van der Waals surface area contributed by atoms with Crippen molar-refractivity contribution in [2.45, 2.75) is 31.0 Å². The third kappa shape index (κ3) is 3.02. The number of hydrogen-bond donors (Lipinski definition) is 1. The first-order chi connectivity index (χ1) is 9.42. The number of halogens is 2. The summed E-state index contributed by atoms with van der Waals surface area (Å²) >= 11 is 6.17. The van der Waals surface area contributed by atoms with E-state index >= 15 is 0 Å². The summed E-state index contributed by atoms with van der Waals surface area (Å²) in [5, 5.41) is 4.77. The second-order valence-electron chi connectivity index (χ2n) is 4.37. The molecule has 108 valence electrons. The molecule has 4 nitrogen and oxygen atoms in total. The maximum atomic E-state index is 13.3. The van der Waals surface area contributed by atoms with Crippen molar-refractivity contribution in [3.05, 3.63) is 40.4 Å². The van der Waals surface area contributed by atoms with Gasteiger partial charge in [-0.2, -0.15) is 5.10 Å². The van der Waals surface area contributed by atoms with Gasteiger partial charge in [0.25, 0.3) is 0 Å². The zero-order chi connectivity index (χ0) is 14.9. The summed E-state index contributed by atoms with van der Waals surface area (Å²) in [6.45, 7) is 4.35. The largest absolute Gasteiger partial charge is 0.399 e. The number of hydrogen-bond acceptors (Lipinski definition) is 3. The predicted octanol–water partition coefficient (Wildman–Crippen LogP) is 2.89. The van der Waals surface area contributed by atoms with E-state index in [4.69, 9.17) is 17.3 Å². The van der Waals surface area contributed by atoms with Crippen LogP contribution in [0.15, 0.2) is 23.1 Å². The molecule has 0 saturated heterocycles. The molecule has 2 N–H and O–H groups in total. The standard InChI is InChI=1S/C13H15ClFN3OS/c1-3-18-12(13(14)8(2)17-18)7-20(19)11-5-9(15)4-10(16)6-11/h4-6H,3,7,16H2,1-2H3. The maximum absolute atomic E-state index is 13.3. The summed E-state index contributed by atoms with van der Waals surface area (Å²) in [4.78, 5) is 0.347. The number of aryl methyl sites for hydroxylation is 2. The Bertz CT molecular complexity index is 652. The minimum Gasteiger partial charge on any atom is -0.399 e. The molecule has 0 fully saturated rings. The summed E-state index contributed by atoms with van der Waals surface area (Å²) in [7, 11) is -1.43. The zero-order valence-corrected chi connectivity index (χ0v) is 12.8. The van der Waals surface area contributed by atoms with E-state index in [1.165, 1.54) is 18.2 Å². The van der Waals surface area contributed by atoms with Gasteiger partial charge in [0.05, 0.1) is 33.0 Å². The Morgan fingerprint density at radius 3 is 2.75 bits per heavy atom. The van der Waals surface area contributed by atoms with Crippen LogP contribution in [-0.2, 0) is 23.1 Å². The van der Waals surface area contributed by atoms with Crippen molar-refractivity contribution < 1.29 is 8.60 Å². The number of benzene rings is 1. The van der Waals surface area contributed by atoms with Crippen LogP contribution in [0.2, 0.25) is 5.02 Å². The van der Waals surface area contributed by atoms with E-state index in [1.54, 1.807) is 11.6 Å². The molecule has 0 radical (unpaired) electrons. The summed E-state index contributed by atoms with van der Waals surface area (Å²) in [5.41, 5.74) is 7.19. The summed E-state index contributed by atoms with van der Waals surface area (Å²) < 4.78 is 27.3.